The van der Waals surface area contributed by atoms with E-state index in [2.05, 4.69) is 6.92 Å². The predicted molar refractivity (Wildman–Crippen MR) is 161 cm³/mol. The van der Waals surface area contributed by atoms with E-state index in [0.717, 1.165) is 44.9 Å². The minimum Gasteiger partial charge on any atom is -0.466 e. The molecule has 0 spiro atoms. The summed E-state index contributed by atoms with van der Waals surface area (Å²) in [5.74, 6) is -1.68. The minimum absolute atomic E-state index is 0.211. The number of unbranched alkanes of at least 4 members (excludes halogenated alkanes) is 7. The summed E-state index contributed by atoms with van der Waals surface area (Å²) in [6, 6.07) is 0. The second-order valence-corrected chi connectivity index (χ2v) is 13.1. The number of esters is 4. The van der Waals surface area contributed by atoms with Crippen LogP contribution in [0.2, 0.25) is 0 Å². The van der Waals surface area contributed by atoms with Gasteiger partial charge in [0.1, 0.15) is 17.3 Å². The highest BCUT2D eigenvalue weighted by Gasteiger charge is 2.50. The first kappa shape index (κ1) is 38.9. The van der Waals surface area contributed by atoms with Gasteiger partial charge in [0, 0.05) is 13.3 Å². The zero-order chi connectivity index (χ0) is 31.5. The first-order chi connectivity index (χ1) is 19.1. The summed E-state index contributed by atoms with van der Waals surface area (Å²) < 4.78 is 22.2. The Morgan fingerprint density at radius 1 is 0.634 bits per heavy atom. The Morgan fingerprint density at radius 2 is 1.12 bits per heavy atom. The van der Waals surface area contributed by atoms with Crippen molar-refractivity contribution in [3.05, 3.63) is 0 Å². The average molecular weight is 585 g/mol. The molecule has 0 aliphatic carbocycles. The zero-order valence-corrected chi connectivity index (χ0v) is 27.7. The molecule has 1 unspecified atom stereocenters. The Hall–Kier alpha value is -2.12. The van der Waals surface area contributed by atoms with Crippen molar-refractivity contribution >= 4 is 23.9 Å². The molecule has 0 radical (unpaired) electrons. The minimum atomic E-state index is -1.47. The fourth-order valence-electron chi connectivity index (χ4n) is 4.75. The van der Waals surface area contributed by atoms with Crippen LogP contribution in [0.15, 0.2) is 0 Å². The molecule has 41 heavy (non-hydrogen) atoms. The van der Waals surface area contributed by atoms with Gasteiger partial charge in [-0.3, -0.25) is 19.2 Å². The third kappa shape index (κ3) is 18.8. The largest absolute Gasteiger partial charge is 0.466 e. The zero-order valence-electron chi connectivity index (χ0n) is 27.7. The summed E-state index contributed by atoms with van der Waals surface area (Å²) in [5.41, 5.74) is -3.02. The molecule has 0 rings (SSSR count). The molecule has 0 fully saturated rings. The number of hydrogen-bond acceptors (Lipinski definition) is 8. The topological polar surface area (TPSA) is 105 Å². The van der Waals surface area contributed by atoms with Gasteiger partial charge in [-0.25, -0.2) is 0 Å². The molecule has 8 nitrogen and oxygen atoms in total. The molecule has 0 aromatic rings. The average Bonchev–Trinajstić information content (AvgIpc) is 2.82. The fourth-order valence-corrected chi connectivity index (χ4v) is 4.75. The SMILES string of the molecule is CCCCCCCC(CCCC(CCCCCCC(=O)OCC)(C(=O)OC(C)(C)C)C(=O)OC(C)(C)C)OC(C)=O. The quantitative estimate of drug-likeness (QED) is 0.0578. The van der Waals surface area contributed by atoms with Gasteiger partial charge < -0.3 is 18.9 Å². The summed E-state index contributed by atoms with van der Waals surface area (Å²) in [4.78, 5) is 50.9. The molecule has 0 saturated heterocycles. The van der Waals surface area contributed by atoms with Crippen LogP contribution in [0.25, 0.3) is 0 Å². The van der Waals surface area contributed by atoms with Gasteiger partial charge in [-0.15, -0.1) is 0 Å². The molecule has 0 saturated carbocycles. The first-order valence-electron chi connectivity index (χ1n) is 15.9. The highest BCUT2D eigenvalue weighted by atomic mass is 16.6. The Kier molecular flexibility index (Phi) is 18.9. The lowest BCUT2D eigenvalue weighted by atomic mass is 9.77. The summed E-state index contributed by atoms with van der Waals surface area (Å²) in [6.07, 6.45) is 10.8. The molecule has 0 aromatic heterocycles. The van der Waals surface area contributed by atoms with Gasteiger partial charge in [-0.05, 0) is 93.4 Å². The predicted octanol–water partition coefficient (Wildman–Crippen LogP) is 8.02. The third-order valence-corrected chi connectivity index (χ3v) is 6.71. The smallest absolute Gasteiger partial charge is 0.324 e. The van der Waals surface area contributed by atoms with Crippen molar-refractivity contribution in [1.82, 2.24) is 0 Å². The van der Waals surface area contributed by atoms with Crippen molar-refractivity contribution < 1.29 is 38.1 Å². The highest BCUT2D eigenvalue weighted by molar-refractivity contribution is 6.00. The van der Waals surface area contributed by atoms with Crippen molar-refractivity contribution in [2.24, 2.45) is 5.41 Å². The normalized spacial score (nSPS) is 12.9. The molecule has 0 heterocycles. The monoisotopic (exact) mass is 584 g/mol. The van der Waals surface area contributed by atoms with Gasteiger partial charge in [-0.1, -0.05) is 51.9 Å². The molecule has 0 amide bonds. The molecule has 0 bridgehead atoms. The maximum atomic E-state index is 13.7. The lowest BCUT2D eigenvalue weighted by molar-refractivity contribution is -0.187. The van der Waals surface area contributed by atoms with E-state index in [-0.39, 0.29) is 30.9 Å². The standard InChI is InChI=1S/C33H60O8/c1-10-12-13-14-17-21-27(39-26(3)34)22-20-25-33(29(36)40-31(4,5)6,30(37)41-32(7,8)9)24-19-16-15-18-23-28(35)38-11-2/h27H,10-25H2,1-9H3. The van der Waals surface area contributed by atoms with Crippen LogP contribution in [-0.4, -0.2) is 47.8 Å². The Bertz CT molecular complexity index is 747. The number of carbonyl (C=O) groups is 4. The summed E-state index contributed by atoms with van der Waals surface area (Å²) in [7, 11) is 0. The summed E-state index contributed by atoms with van der Waals surface area (Å²) in [6.45, 7) is 16.5. The van der Waals surface area contributed by atoms with Crippen LogP contribution >= 0.6 is 0 Å². The van der Waals surface area contributed by atoms with Crippen molar-refractivity contribution in [1.29, 1.82) is 0 Å². The fraction of sp³-hybridized carbons (Fsp3) is 0.879. The Labute approximate surface area is 250 Å². The molecule has 0 aliphatic heterocycles. The number of hydrogen-bond donors (Lipinski definition) is 0. The van der Waals surface area contributed by atoms with E-state index in [1.807, 2.05) is 0 Å². The lowest BCUT2D eigenvalue weighted by Crippen LogP contribution is -2.47. The molecule has 1 atom stereocenters. The first-order valence-corrected chi connectivity index (χ1v) is 15.9. The highest BCUT2D eigenvalue weighted by Crippen LogP contribution is 2.38. The maximum Gasteiger partial charge on any atom is 0.324 e. The van der Waals surface area contributed by atoms with Crippen molar-refractivity contribution in [2.75, 3.05) is 6.61 Å². The van der Waals surface area contributed by atoms with E-state index in [0.29, 0.717) is 38.7 Å². The van der Waals surface area contributed by atoms with Gasteiger partial charge in [-0.2, -0.15) is 0 Å². The van der Waals surface area contributed by atoms with E-state index in [1.54, 1.807) is 48.5 Å². The Balaban J connectivity index is 5.72. The van der Waals surface area contributed by atoms with Crippen LogP contribution in [0, 0.1) is 5.41 Å². The van der Waals surface area contributed by atoms with Crippen LogP contribution in [0.1, 0.15) is 159 Å². The van der Waals surface area contributed by atoms with E-state index >= 15 is 0 Å². The molecule has 8 heteroatoms. The maximum absolute atomic E-state index is 13.7. The molecule has 0 aromatic carbocycles. The number of carbonyl (C=O) groups excluding carboxylic acids is 4. The van der Waals surface area contributed by atoms with E-state index in [9.17, 15) is 19.2 Å². The van der Waals surface area contributed by atoms with Crippen LogP contribution in [0.3, 0.4) is 0 Å². The molecular weight excluding hydrogens is 524 g/mol. The van der Waals surface area contributed by atoms with Crippen molar-refractivity contribution in [2.45, 2.75) is 176 Å². The number of ether oxygens (including phenoxy) is 4. The van der Waals surface area contributed by atoms with Crippen LogP contribution in [0.5, 0.6) is 0 Å². The van der Waals surface area contributed by atoms with Crippen LogP contribution < -0.4 is 0 Å². The molecule has 0 N–H and O–H groups in total. The van der Waals surface area contributed by atoms with Crippen molar-refractivity contribution in [3.63, 3.8) is 0 Å². The molecule has 240 valence electrons. The van der Waals surface area contributed by atoms with Gasteiger partial charge in [0.05, 0.1) is 6.61 Å². The lowest BCUT2D eigenvalue weighted by Gasteiger charge is -2.35. The van der Waals surface area contributed by atoms with Crippen LogP contribution in [0.4, 0.5) is 0 Å². The van der Waals surface area contributed by atoms with Gasteiger partial charge in [0.2, 0.25) is 0 Å². The third-order valence-electron chi connectivity index (χ3n) is 6.71. The van der Waals surface area contributed by atoms with E-state index in [1.165, 1.54) is 13.3 Å². The summed E-state index contributed by atoms with van der Waals surface area (Å²) in [5, 5.41) is 0. The second kappa shape index (κ2) is 19.9. The van der Waals surface area contributed by atoms with Gasteiger partial charge in [0.25, 0.3) is 0 Å². The molecule has 0 aliphatic rings. The van der Waals surface area contributed by atoms with Gasteiger partial charge >= 0.3 is 23.9 Å². The second-order valence-electron chi connectivity index (χ2n) is 13.1. The van der Waals surface area contributed by atoms with Gasteiger partial charge in [0.15, 0.2) is 5.41 Å². The van der Waals surface area contributed by atoms with E-state index < -0.39 is 28.6 Å². The van der Waals surface area contributed by atoms with E-state index in [4.69, 9.17) is 18.9 Å². The summed E-state index contributed by atoms with van der Waals surface area (Å²) >= 11 is 0. The van der Waals surface area contributed by atoms with Crippen molar-refractivity contribution in [3.8, 4) is 0 Å². The molecular formula is C33H60O8. The Morgan fingerprint density at radius 3 is 1.63 bits per heavy atom. The number of rotatable bonds is 21. The van der Waals surface area contributed by atoms with Crippen LogP contribution in [-0.2, 0) is 38.1 Å².